The van der Waals surface area contributed by atoms with Gasteiger partial charge in [0.25, 0.3) is 0 Å². The number of imidazole rings is 1. The quantitative estimate of drug-likeness (QED) is 0.764. The molecule has 0 aliphatic heterocycles. The van der Waals surface area contributed by atoms with Crippen molar-refractivity contribution < 1.29 is 5.11 Å². The number of aryl methyl sites for hydroxylation is 1. The number of fused-ring (bicyclic) bond motifs is 1. The van der Waals surface area contributed by atoms with E-state index in [1.165, 1.54) is 0 Å². The second-order valence-electron chi connectivity index (χ2n) is 4.70. The highest BCUT2D eigenvalue weighted by Gasteiger charge is 2.17. The summed E-state index contributed by atoms with van der Waals surface area (Å²) in [6, 6.07) is 7.80. The van der Waals surface area contributed by atoms with Crippen LogP contribution < -0.4 is 0 Å². The van der Waals surface area contributed by atoms with E-state index in [0.717, 1.165) is 28.2 Å². The first-order valence-electron chi connectivity index (χ1n) is 6.24. The normalized spacial score (nSPS) is 12.8. The summed E-state index contributed by atoms with van der Waals surface area (Å²) in [7, 11) is 0. The van der Waals surface area contributed by atoms with Gasteiger partial charge in [0.1, 0.15) is 5.65 Å². The summed E-state index contributed by atoms with van der Waals surface area (Å²) in [5.74, 6) is 0. The van der Waals surface area contributed by atoms with E-state index in [1.54, 1.807) is 19.3 Å². The summed E-state index contributed by atoms with van der Waals surface area (Å²) in [6.07, 6.45) is 4.89. The first-order chi connectivity index (χ1) is 9.16. The van der Waals surface area contributed by atoms with Gasteiger partial charge in [0.15, 0.2) is 0 Å². The van der Waals surface area contributed by atoms with E-state index in [2.05, 4.69) is 9.97 Å². The van der Waals surface area contributed by atoms with Crippen LogP contribution in [0.4, 0.5) is 0 Å². The van der Waals surface area contributed by atoms with Crippen LogP contribution in [-0.4, -0.2) is 19.5 Å². The average molecular weight is 253 g/mol. The minimum atomic E-state index is -0.591. The maximum Gasteiger partial charge on any atom is 0.137 e. The molecular formula is C15H15N3O. The maximum absolute atomic E-state index is 10.1. The zero-order valence-corrected chi connectivity index (χ0v) is 10.9. The molecule has 96 valence electrons. The fourth-order valence-corrected chi connectivity index (χ4v) is 2.28. The molecule has 0 radical (unpaired) electrons. The van der Waals surface area contributed by atoms with E-state index < -0.39 is 6.10 Å². The van der Waals surface area contributed by atoms with Crippen molar-refractivity contribution in [1.29, 1.82) is 0 Å². The molecule has 0 aliphatic carbocycles. The lowest BCUT2D eigenvalue weighted by atomic mass is 10.1. The highest BCUT2D eigenvalue weighted by atomic mass is 16.3. The number of hydrogen-bond acceptors (Lipinski definition) is 3. The van der Waals surface area contributed by atoms with E-state index in [1.807, 2.05) is 41.8 Å². The van der Waals surface area contributed by atoms with Crippen LogP contribution in [0.3, 0.4) is 0 Å². The molecule has 0 aromatic carbocycles. The molecule has 0 saturated carbocycles. The molecule has 4 heteroatoms. The first-order valence-corrected chi connectivity index (χ1v) is 6.24. The average Bonchev–Trinajstić information content (AvgIpc) is 2.78. The second-order valence-corrected chi connectivity index (χ2v) is 4.70. The smallest absolute Gasteiger partial charge is 0.137 e. The molecule has 3 heterocycles. The number of aliphatic hydroxyl groups excluding tert-OH is 1. The highest BCUT2D eigenvalue weighted by Crippen LogP contribution is 2.28. The Bertz CT molecular complexity index is 717. The predicted octanol–water partition coefficient (Wildman–Crippen LogP) is 2.76. The zero-order chi connectivity index (χ0) is 13.4. The molecule has 3 rings (SSSR count). The molecule has 4 nitrogen and oxygen atoms in total. The van der Waals surface area contributed by atoms with Crippen LogP contribution in [0.1, 0.15) is 24.3 Å². The lowest BCUT2D eigenvalue weighted by Gasteiger charge is -2.08. The lowest BCUT2D eigenvalue weighted by molar-refractivity contribution is 0.194. The third-order valence-electron chi connectivity index (χ3n) is 3.13. The van der Waals surface area contributed by atoms with Gasteiger partial charge in [0.2, 0.25) is 0 Å². The van der Waals surface area contributed by atoms with E-state index in [0.29, 0.717) is 0 Å². The monoisotopic (exact) mass is 253 g/mol. The zero-order valence-electron chi connectivity index (χ0n) is 10.9. The molecule has 0 amide bonds. The molecule has 0 spiro atoms. The Kier molecular flexibility index (Phi) is 2.80. The second kappa shape index (κ2) is 4.48. The Balaban J connectivity index is 2.33. The Morgan fingerprint density at radius 1 is 1.26 bits per heavy atom. The SMILES string of the molecule is Cc1ccc2nc(-c3cccnc3)c(C(C)O)n2c1. The van der Waals surface area contributed by atoms with Gasteiger partial charge in [-0.05, 0) is 37.6 Å². The van der Waals surface area contributed by atoms with E-state index >= 15 is 0 Å². The predicted molar refractivity (Wildman–Crippen MR) is 73.8 cm³/mol. The molecular weight excluding hydrogens is 238 g/mol. The number of pyridine rings is 2. The molecule has 1 N–H and O–H groups in total. The molecule has 0 saturated heterocycles. The van der Waals surface area contributed by atoms with E-state index in [-0.39, 0.29) is 0 Å². The molecule has 3 aromatic rings. The van der Waals surface area contributed by atoms with E-state index in [4.69, 9.17) is 0 Å². The van der Waals surface area contributed by atoms with Crippen LogP contribution in [0, 0.1) is 6.92 Å². The van der Waals surface area contributed by atoms with Crippen LogP contribution in [0.25, 0.3) is 16.9 Å². The maximum atomic E-state index is 10.1. The van der Waals surface area contributed by atoms with Crippen molar-refractivity contribution in [3.8, 4) is 11.3 Å². The summed E-state index contributed by atoms with van der Waals surface area (Å²) in [5, 5.41) is 10.1. The van der Waals surface area contributed by atoms with Crippen molar-refractivity contribution >= 4 is 5.65 Å². The van der Waals surface area contributed by atoms with Crippen LogP contribution in [0.15, 0.2) is 42.9 Å². The largest absolute Gasteiger partial charge is 0.387 e. The lowest BCUT2D eigenvalue weighted by Crippen LogP contribution is -1.99. The van der Waals surface area contributed by atoms with E-state index in [9.17, 15) is 5.11 Å². The van der Waals surface area contributed by atoms with Gasteiger partial charge >= 0.3 is 0 Å². The van der Waals surface area contributed by atoms with Gasteiger partial charge in [-0.3, -0.25) is 4.98 Å². The summed E-state index contributed by atoms with van der Waals surface area (Å²) in [6.45, 7) is 3.78. The molecule has 0 aliphatic rings. The minimum absolute atomic E-state index is 0.591. The Morgan fingerprint density at radius 2 is 2.11 bits per heavy atom. The molecule has 19 heavy (non-hydrogen) atoms. The third kappa shape index (κ3) is 2.00. The summed E-state index contributed by atoms with van der Waals surface area (Å²) in [4.78, 5) is 8.73. The standard InChI is InChI=1S/C15H15N3O/c1-10-5-6-13-17-14(12-4-3-7-16-8-12)15(11(2)19)18(13)9-10/h3-9,11,19H,1-2H3. The molecule has 0 bridgehead atoms. The Labute approximate surface area is 111 Å². The number of aliphatic hydroxyl groups is 1. The summed E-state index contributed by atoms with van der Waals surface area (Å²) < 4.78 is 1.95. The van der Waals surface area contributed by atoms with Crippen molar-refractivity contribution in [3.05, 3.63) is 54.1 Å². The molecule has 1 unspecified atom stereocenters. The Hall–Kier alpha value is -2.20. The molecule has 0 fully saturated rings. The van der Waals surface area contributed by atoms with Gasteiger partial charge < -0.3 is 9.51 Å². The molecule has 1 atom stereocenters. The van der Waals surface area contributed by atoms with Gasteiger partial charge in [-0.1, -0.05) is 6.07 Å². The number of aromatic nitrogens is 3. The van der Waals surface area contributed by atoms with Crippen LogP contribution in [0.5, 0.6) is 0 Å². The van der Waals surface area contributed by atoms with Gasteiger partial charge in [-0.15, -0.1) is 0 Å². The van der Waals surface area contributed by atoms with Crippen molar-refractivity contribution in [2.45, 2.75) is 20.0 Å². The molecule has 3 aromatic heterocycles. The summed E-state index contributed by atoms with van der Waals surface area (Å²) in [5.41, 5.74) is 4.46. The van der Waals surface area contributed by atoms with Crippen molar-refractivity contribution in [2.24, 2.45) is 0 Å². The minimum Gasteiger partial charge on any atom is -0.387 e. The third-order valence-corrected chi connectivity index (χ3v) is 3.13. The summed E-state index contributed by atoms with van der Waals surface area (Å²) >= 11 is 0. The number of rotatable bonds is 2. The van der Waals surface area contributed by atoms with Gasteiger partial charge in [0.05, 0.1) is 17.5 Å². The fraction of sp³-hybridized carbons (Fsp3) is 0.200. The van der Waals surface area contributed by atoms with Crippen LogP contribution >= 0.6 is 0 Å². The van der Waals surface area contributed by atoms with Crippen molar-refractivity contribution in [3.63, 3.8) is 0 Å². The van der Waals surface area contributed by atoms with Crippen LogP contribution in [0.2, 0.25) is 0 Å². The van der Waals surface area contributed by atoms with Crippen molar-refractivity contribution in [2.75, 3.05) is 0 Å². The van der Waals surface area contributed by atoms with Gasteiger partial charge in [-0.2, -0.15) is 0 Å². The number of hydrogen-bond donors (Lipinski definition) is 1. The first kappa shape index (κ1) is 11.9. The highest BCUT2D eigenvalue weighted by molar-refractivity contribution is 5.66. The van der Waals surface area contributed by atoms with Gasteiger partial charge in [-0.25, -0.2) is 4.98 Å². The van der Waals surface area contributed by atoms with Gasteiger partial charge in [0, 0.05) is 24.2 Å². The Morgan fingerprint density at radius 3 is 2.79 bits per heavy atom. The van der Waals surface area contributed by atoms with Crippen molar-refractivity contribution in [1.82, 2.24) is 14.4 Å². The fourth-order valence-electron chi connectivity index (χ4n) is 2.28. The van der Waals surface area contributed by atoms with Crippen LogP contribution in [-0.2, 0) is 0 Å². The number of nitrogens with zero attached hydrogens (tertiary/aromatic N) is 3. The topological polar surface area (TPSA) is 50.4 Å².